The predicted molar refractivity (Wildman–Crippen MR) is 106 cm³/mol. The maximum Gasteiger partial charge on any atom is 0.408 e. The highest BCUT2D eigenvalue weighted by Crippen LogP contribution is 2.16. The highest BCUT2D eigenvalue weighted by atomic mass is 16.6. The monoisotopic (exact) mass is 401 g/mol. The molecule has 0 saturated carbocycles. The Hall–Kier alpha value is -3.10. The van der Waals surface area contributed by atoms with Crippen molar-refractivity contribution in [3.05, 3.63) is 35.7 Å². The Bertz CT molecular complexity index is 816. The SMILES string of the molecule is CCCCc1nnc(-c2ccc(C[C@H](NC(=O)OC(C)(C)C)C(=O)O)cc2)nn1. The lowest BCUT2D eigenvalue weighted by atomic mass is 10.0. The summed E-state index contributed by atoms with van der Waals surface area (Å²) in [6, 6.07) is 5.96. The Morgan fingerprint density at radius 3 is 2.24 bits per heavy atom. The molecule has 2 N–H and O–H groups in total. The van der Waals surface area contributed by atoms with E-state index >= 15 is 0 Å². The number of aryl methyl sites for hydroxylation is 1. The van der Waals surface area contributed by atoms with Gasteiger partial charge in [-0.3, -0.25) is 0 Å². The van der Waals surface area contributed by atoms with E-state index in [1.54, 1.807) is 45.0 Å². The molecule has 0 unspecified atom stereocenters. The third-order valence-electron chi connectivity index (χ3n) is 3.92. The van der Waals surface area contributed by atoms with Gasteiger partial charge in [0.2, 0.25) is 5.82 Å². The maximum absolute atomic E-state index is 11.9. The highest BCUT2D eigenvalue weighted by Gasteiger charge is 2.24. The zero-order valence-electron chi connectivity index (χ0n) is 17.2. The Morgan fingerprint density at radius 2 is 1.72 bits per heavy atom. The minimum Gasteiger partial charge on any atom is -0.480 e. The molecule has 0 saturated heterocycles. The fraction of sp³-hybridized carbons (Fsp3) is 0.500. The van der Waals surface area contributed by atoms with Crippen molar-refractivity contribution in [3.63, 3.8) is 0 Å². The largest absolute Gasteiger partial charge is 0.480 e. The Morgan fingerprint density at radius 1 is 1.10 bits per heavy atom. The van der Waals surface area contributed by atoms with Gasteiger partial charge in [-0.25, -0.2) is 9.59 Å². The Kier molecular flexibility index (Phi) is 7.58. The topological polar surface area (TPSA) is 127 Å². The number of carbonyl (C=O) groups excluding carboxylic acids is 1. The summed E-state index contributed by atoms with van der Waals surface area (Å²) in [6.45, 7) is 7.23. The molecule has 1 heterocycles. The number of aliphatic carboxylic acids is 1. The molecule has 9 heteroatoms. The molecule has 1 amide bonds. The number of carboxylic acid groups (broad SMARTS) is 1. The van der Waals surface area contributed by atoms with Crippen LogP contribution in [0.1, 0.15) is 51.9 Å². The lowest BCUT2D eigenvalue weighted by Crippen LogP contribution is -2.44. The van der Waals surface area contributed by atoms with E-state index in [4.69, 9.17) is 4.74 Å². The normalized spacial score (nSPS) is 12.3. The summed E-state index contributed by atoms with van der Waals surface area (Å²) < 4.78 is 5.12. The standard InChI is InChI=1S/C20H27N5O4/c1-5-6-7-16-22-24-17(25-23-16)14-10-8-13(9-11-14)12-15(18(26)27)21-19(28)29-20(2,3)4/h8-11,15H,5-7,12H2,1-4H3,(H,21,28)(H,26,27)/t15-/m0/s1. The van der Waals surface area contributed by atoms with Gasteiger partial charge >= 0.3 is 12.1 Å². The lowest BCUT2D eigenvalue weighted by molar-refractivity contribution is -0.139. The van der Waals surface area contributed by atoms with Gasteiger partial charge in [0, 0.05) is 18.4 Å². The second-order valence-corrected chi connectivity index (χ2v) is 7.68. The average molecular weight is 401 g/mol. The van der Waals surface area contributed by atoms with Crippen molar-refractivity contribution in [3.8, 4) is 11.4 Å². The van der Waals surface area contributed by atoms with Gasteiger partial charge in [0.15, 0.2) is 5.82 Å². The van der Waals surface area contributed by atoms with E-state index in [-0.39, 0.29) is 6.42 Å². The van der Waals surface area contributed by atoms with Crippen molar-refractivity contribution in [1.82, 2.24) is 25.7 Å². The van der Waals surface area contributed by atoms with Gasteiger partial charge in [-0.2, -0.15) is 0 Å². The molecule has 0 bridgehead atoms. The summed E-state index contributed by atoms with van der Waals surface area (Å²) in [6.07, 6.45) is 2.13. The molecule has 156 valence electrons. The molecular formula is C20H27N5O4. The third kappa shape index (κ3) is 7.44. The van der Waals surface area contributed by atoms with E-state index in [0.717, 1.165) is 30.4 Å². The average Bonchev–Trinajstić information content (AvgIpc) is 2.65. The zero-order chi connectivity index (χ0) is 21.4. The molecule has 1 aromatic heterocycles. The molecule has 0 fully saturated rings. The number of hydrogen-bond donors (Lipinski definition) is 2. The van der Waals surface area contributed by atoms with Crippen LogP contribution in [0, 0.1) is 0 Å². The number of ether oxygens (including phenoxy) is 1. The van der Waals surface area contributed by atoms with Gasteiger partial charge in [-0.05, 0) is 32.8 Å². The Balaban J connectivity index is 2.02. The number of hydrogen-bond acceptors (Lipinski definition) is 7. The number of rotatable bonds is 8. The number of benzene rings is 1. The van der Waals surface area contributed by atoms with E-state index in [1.165, 1.54) is 0 Å². The molecule has 1 aromatic carbocycles. The fourth-order valence-electron chi connectivity index (χ4n) is 2.48. The van der Waals surface area contributed by atoms with Crippen LogP contribution >= 0.6 is 0 Å². The molecule has 2 aromatic rings. The van der Waals surface area contributed by atoms with Crippen LogP contribution in [-0.4, -0.2) is 49.2 Å². The smallest absolute Gasteiger partial charge is 0.408 e. The number of carboxylic acids is 1. The lowest BCUT2D eigenvalue weighted by Gasteiger charge is -2.22. The van der Waals surface area contributed by atoms with Crippen molar-refractivity contribution in [2.45, 2.75) is 65.0 Å². The van der Waals surface area contributed by atoms with Crippen molar-refractivity contribution < 1.29 is 19.4 Å². The number of unbranched alkanes of at least 4 members (excludes halogenated alkanes) is 1. The minimum absolute atomic E-state index is 0.113. The van der Waals surface area contributed by atoms with Gasteiger partial charge < -0.3 is 15.2 Å². The molecule has 0 radical (unpaired) electrons. The number of amides is 1. The number of nitrogens with one attached hydrogen (secondary N) is 1. The van der Waals surface area contributed by atoms with Crippen LogP contribution in [0.25, 0.3) is 11.4 Å². The van der Waals surface area contributed by atoms with Crippen molar-refractivity contribution in [1.29, 1.82) is 0 Å². The summed E-state index contributed by atoms with van der Waals surface area (Å²) in [5, 5.41) is 28.2. The minimum atomic E-state index is -1.14. The van der Waals surface area contributed by atoms with Crippen LogP contribution in [0.2, 0.25) is 0 Å². The van der Waals surface area contributed by atoms with Gasteiger partial charge in [-0.15, -0.1) is 20.4 Å². The molecule has 0 aliphatic rings. The first-order chi connectivity index (χ1) is 13.7. The maximum atomic E-state index is 11.9. The van der Waals surface area contributed by atoms with Crippen LogP contribution in [-0.2, 0) is 22.4 Å². The fourth-order valence-corrected chi connectivity index (χ4v) is 2.48. The number of carbonyl (C=O) groups is 2. The van der Waals surface area contributed by atoms with E-state index in [1.807, 2.05) is 0 Å². The molecule has 0 aliphatic heterocycles. The zero-order valence-corrected chi connectivity index (χ0v) is 17.2. The van der Waals surface area contributed by atoms with Crippen LogP contribution < -0.4 is 5.32 Å². The molecule has 0 spiro atoms. The second-order valence-electron chi connectivity index (χ2n) is 7.68. The van der Waals surface area contributed by atoms with E-state index in [0.29, 0.717) is 11.6 Å². The van der Waals surface area contributed by atoms with Crippen LogP contribution in [0.5, 0.6) is 0 Å². The van der Waals surface area contributed by atoms with Crippen LogP contribution in [0.4, 0.5) is 4.79 Å². The van der Waals surface area contributed by atoms with Gasteiger partial charge in [-0.1, -0.05) is 37.6 Å². The number of alkyl carbamates (subject to hydrolysis) is 1. The van der Waals surface area contributed by atoms with E-state index in [2.05, 4.69) is 32.6 Å². The van der Waals surface area contributed by atoms with Crippen molar-refractivity contribution in [2.24, 2.45) is 0 Å². The van der Waals surface area contributed by atoms with E-state index in [9.17, 15) is 14.7 Å². The molecule has 1 atom stereocenters. The van der Waals surface area contributed by atoms with Crippen molar-refractivity contribution >= 4 is 12.1 Å². The molecule has 0 aliphatic carbocycles. The second kappa shape index (κ2) is 9.90. The summed E-state index contributed by atoms with van der Waals surface area (Å²) in [7, 11) is 0. The first-order valence-corrected chi connectivity index (χ1v) is 9.56. The molecule has 2 rings (SSSR count). The first kappa shape index (κ1) is 22.2. The molecular weight excluding hydrogens is 374 g/mol. The first-order valence-electron chi connectivity index (χ1n) is 9.56. The third-order valence-corrected chi connectivity index (χ3v) is 3.92. The van der Waals surface area contributed by atoms with Crippen LogP contribution in [0.3, 0.4) is 0 Å². The van der Waals surface area contributed by atoms with Gasteiger partial charge in [0.25, 0.3) is 0 Å². The highest BCUT2D eigenvalue weighted by molar-refractivity contribution is 5.80. The number of nitrogens with zero attached hydrogens (tertiary/aromatic N) is 4. The predicted octanol–water partition coefficient (Wildman–Crippen LogP) is 2.80. The molecule has 29 heavy (non-hydrogen) atoms. The quantitative estimate of drug-likeness (QED) is 0.691. The summed E-state index contributed by atoms with van der Waals surface area (Å²) in [5.41, 5.74) is 0.753. The van der Waals surface area contributed by atoms with Gasteiger partial charge in [0.05, 0.1) is 0 Å². The van der Waals surface area contributed by atoms with E-state index < -0.39 is 23.7 Å². The summed E-state index contributed by atoms with van der Waals surface area (Å²) in [5.74, 6) is -0.123. The van der Waals surface area contributed by atoms with Crippen molar-refractivity contribution in [2.75, 3.05) is 0 Å². The molecule has 9 nitrogen and oxygen atoms in total. The Labute approximate surface area is 169 Å². The van der Waals surface area contributed by atoms with Gasteiger partial charge in [0.1, 0.15) is 11.6 Å². The summed E-state index contributed by atoms with van der Waals surface area (Å²) >= 11 is 0. The number of aromatic nitrogens is 4. The van der Waals surface area contributed by atoms with Crippen LogP contribution in [0.15, 0.2) is 24.3 Å². The summed E-state index contributed by atoms with van der Waals surface area (Å²) in [4.78, 5) is 23.4.